The van der Waals surface area contributed by atoms with Gasteiger partial charge in [0.1, 0.15) is 23.0 Å². The second-order valence-corrected chi connectivity index (χ2v) is 5.54. The lowest BCUT2D eigenvalue weighted by Crippen LogP contribution is -2.47. The molecule has 10 nitrogen and oxygen atoms in total. The molecule has 1 aromatic rings. The summed E-state index contributed by atoms with van der Waals surface area (Å²) in [7, 11) is 0. The fraction of sp³-hybridized carbons (Fsp3) is 0.357. The Kier molecular flexibility index (Phi) is 3.38. The molecule has 10 heteroatoms. The molecule has 0 bridgehead atoms. The molecular weight excluding hydrogens is 324 g/mol. The molecule has 0 amide bonds. The molecule has 1 heterocycles. The summed E-state index contributed by atoms with van der Waals surface area (Å²) in [6, 6.07) is 4.93. The van der Waals surface area contributed by atoms with E-state index < -0.39 is 46.2 Å². The normalized spacial score (nSPS) is 30.8. The summed E-state index contributed by atoms with van der Waals surface area (Å²) in [5.41, 5.74) is -4.50. The molecule has 24 heavy (non-hydrogen) atoms. The van der Waals surface area contributed by atoms with Crippen LogP contribution in [0.2, 0.25) is 0 Å². The van der Waals surface area contributed by atoms with Crippen molar-refractivity contribution in [2.75, 3.05) is 6.61 Å². The van der Waals surface area contributed by atoms with Gasteiger partial charge in [-0.05, 0) is 6.07 Å². The maximum absolute atomic E-state index is 10.8. The van der Waals surface area contributed by atoms with Crippen LogP contribution in [0.15, 0.2) is 29.9 Å². The predicted molar refractivity (Wildman–Crippen MR) is 74.6 cm³/mol. The average Bonchev–Trinajstić information content (AvgIpc) is 3.14. The molecule has 0 aromatic heterocycles. The third kappa shape index (κ3) is 2.07. The smallest absolute Gasteiger partial charge is 0.328 e. The fourth-order valence-electron chi connectivity index (χ4n) is 2.66. The van der Waals surface area contributed by atoms with Crippen molar-refractivity contribution >= 4 is 5.69 Å². The van der Waals surface area contributed by atoms with Crippen LogP contribution >= 0.6 is 0 Å². The summed E-state index contributed by atoms with van der Waals surface area (Å²) in [6.45, 7) is -0.636. The largest absolute Gasteiger partial charge is 0.503 e. The third-order valence-electron chi connectivity index (χ3n) is 4.15. The van der Waals surface area contributed by atoms with Crippen molar-refractivity contribution in [3.05, 3.63) is 45.6 Å². The van der Waals surface area contributed by atoms with Gasteiger partial charge in [-0.1, -0.05) is 0 Å². The van der Waals surface area contributed by atoms with Gasteiger partial charge in [0.2, 0.25) is 5.76 Å². The van der Waals surface area contributed by atoms with E-state index in [1.807, 2.05) is 0 Å². The Morgan fingerprint density at radius 3 is 2.79 bits per heavy atom. The monoisotopic (exact) mass is 336 g/mol. The Morgan fingerprint density at radius 2 is 2.21 bits per heavy atom. The van der Waals surface area contributed by atoms with Gasteiger partial charge >= 0.3 is 5.95 Å². The first-order valence-electron chi connectivity index (χ1n) is 6.79. The highest BCUT2D eigenvalue weighted by atomic mass is 16.7. The average molecular weight is 336 g/mol. The lowest BCUT2D eigenvalue weighted by atomic mass is 10.0. The van der Waals surface area contributed by atoms with Crippen molar-refractivity contribution in [1.82, 2.24) is 0 Å². The molecule has 126 valence electrons. The lowest BCUT2D eigenvalue weighted by molar-refractivity contribution is -0.385. The van der Waals surface area contributed by atoms with Crippen molar-refractivity contribution in [1.29, 1.82) is 5.26 Å². The van der Waals surface area contributed by atoms with Crippen molar-refractivity contribution in [2.45, 2.75) is 23.7 Å². The zero-order valence-corrected chi connectivity index (χ0v) is 12.0. The number of rotatable bonds is 4. The van der Waals surface area contributed by atoms with Crippen LogP contribution in [0.3, 0.4) is 0 Å². The van der Waals surface area contributed by atoms with Crippen molar-refractivity contribution in [3.8, 4) is 11.8 Å². The summed E-state index contributed by atoms with van der Waals surface area (Å²) in [5, 5.41) is 59.3. The number of aliphatic hydroxyl groups excluding tert-OH is 2. The molecule has 3 rings (SSSR count). The maximum Gasteiger partial charge on any atom is 0.328 e. The number of hydrogen-bond donors (Lipinski definition) is 4. The second-order valence-electron chi connectivity index (χ2n) is 5.54. The molecule has 1 fully saturated rings. The van der Waals surface area contributed by atoms with Gasteiger partial charge in [-0.3, -0.25) is 10.1 Å². The fourth-order valence-corrected chi connectivity index (χ4v) is 2.66. The van der Waals surface area contributed by atoms with Gasteiger partial charge < -0.3 is 29.9 Å². The molecular formula is C14H12N2O8. The minimum absolute atomic E-state index is 0.0647. The van der Waals surface area contributed by atoms with E-state index in [-0.39, 0.29) is 17.7 Å². The van der Waals surface area contributed by atoms with Crippen molar-refractivity contribution in [2.24, 2.45) is 0 Å². The Labute approximate surface area is 134 Å². The van der Waals surface area contributed by atoms with E-state index in [0.717, 1.165) is 12.1 Å². The molecule has 1 unspecified atom stereocenters. The molecule has 1 aromatic carbocycles. The number of hydrogen-bond acceptors (Lipinski definition) is 9. The number of nitriles is 1. The third-order valence-corrected chi connectivity index (χ3v) is 4.15. The zero-order chi connectivity index (χ0) is 17.7. The minimum atomic E-state index is -1.99. The lowest BCUT2D eigenvalue weighted by Gasteiger charge is -2.31. The first kappa shape index (κ1) is 16.0. The van der Waals surface area contributed by atoms with Gasteiger partial charge in [-0.15, -0.1) is 0 Å². The number of nitrogens with zero attached hydrogens (tertiary/aromatic N) is 2. The molecule has 1 saturated carbocycles. The highest BCUT2D eigenvalue weighted by Crippen LogP contribution is 2.58. The quantitative estimate of drug-likeness (QED) is 0.431. The summed E-state index contributed by atoms with van der Waals surface area (Å²) in [4.78, 5) is 10.1. The number of ether oxygens (including phenoxy) is 2. The first-order chi connectivity index (χ1) is 11.3. The molecule has 1 aliphatic carbocycles. The summed E-state index contributed by atoms with van der Waals surface area (Å²) < 4.78 is 10.4. The summed E-state index contributed by atoms with van der Waals surface area (Å²) in [5.74, 6) is -1.38. The molecule has 0 radical (unpaired) electrons. The molecule has 0 spiro atoms. The van der Waals surface area contributed by atoms with E-state index in [1.54, 1.807) is 6.07 Å². The number of nitro benzene ring substituents is 1. The zero-order valence-electron chi connectivity index (χ0n) is 12.0. The van der Waals surface area contributed by atoms with E-state index in [9.17, 15) is 30.5 Å². The van der Waals surface area contributed by atoms with Crippen molar-refractivity contribution < 1.29 is 34.8 Å². The Hall–Kier alpha value is -2.87. The topological polar surface area (TPSA) is 166 Å². The van der Waals surface area contributed by atoms with E-state index in [4.69, 9.17) is 14.7 Å². The molecule has 2 aliphatic rings. The van der Waals surface area contributed by atoms with Crippen LogP contribution in [0, 0.1) is 21.4 Å². The van der Waals surface area contributed by atoms with Crippen LogP contribution in [0.4, 0.5) is 5.69 Å². The SMILES string of the molecule is N#Cc1cc(OC2=C(O)[C@]3(O)C[C@]3(O)C(CO)O2)ccc1[N+](=O)[O-]. The van der Waals surface area contributed by atoms with E-state index >= 15 is 0 Å². The van der Waals surface area contributed by atoms with Gasteiger partial charge in [0.05, 0.1) is 11.5 Å². The van der Waals surface area contributed by atoms with Crippen LogP contribution in [0.1, 0.15) is 12.0 Å². The Balaban J connectivity index is 1.93. The van der Waals surface area contributed by atoms with Gasteiger partial charge in [0.15, 0.2) is 11.7 Å². The molecule has 4 N–H and O–H groups in total. The van der Waals surface area contributed by atoms with Gasteiger partial charge in [0, 0.05) is 18.6 Å². The summed E-state index contributed by atoms with van der Waals surface area (Å²) in [6.07, 6.45) is -1.46. The highest BCUT2D eigenvalue weighted by molar-refractivity contribution is 5.52. The Morgan fingerprint density at radius 1 is 1.50 bits per heavy atom. The summed E-state index contributed by atoms with van der Waals surface area (Å²) >= 11 is 0. The predicted octanol–water partition coefficient (Wildman–Crippen LogP) is -0.171. The molecule has 0 saturated heterocycles. The van der Waals surface area contributed by atoms with Crippen LogP contribution < -0.4 is 4.74 Å². The van der Waals surface area contributed by atoms with Crippen LogP contribution in [0.25, 0.3) is 0 Å². The number of benzene rings is 1. The van der Waals surface area contributed by atoms with E-state index in [1.165, 1.54) is 6.07 Å². The Bertz CT molecular complexity index is 800. The van der Waals surface area contributed by atoms with Gasteiger partial charge in [-0.2, -0.15) is 5.26 Å². The maximum atomic E-state index is 10.8. The van der Waals surface area contributed by atoms with E-state index in [0.29, 0.717) is 0 Å². The minimum Gasteiger partial charge on any atom is -0.503 e. The first-order valence-corrected chi connectivity index (χ1v) is 6.79. The number of aliphatic hydroxyl groups is 4. The second kappa shape index (κ2) is 5.07. The van der Waals surface area contributed by atoms with Crippen molar-refractivity contribution in [3.63, 3.8) is 0 Å². The number of nitro groups is 1. The van der Waals surface area contributed by atoms with Gasteiger partial charge in [-0.25, -0.2) is 0 Å². The van der Waals surface area contributed by atoms with Crippen LogP contribution in [0.5, 0.6) is 5.75 Å². The highest BCUT2D eigenvalue weighted by Gasteiger charge is 2.77. The van der Waals surface area contributed by atoms with Crippen LogP contribution in [-0.4, -0.2) is 49.3 Å². The molecule has 1 aliphatic heterocycles. The molecule has 3 atom stereocenters. The standard InChI is InChI=1S/C14H12N2O8/c15-4-7-3-8(1-2-9(7)16(21)22)23-12-11(18)14(20)6-13(14,19)10(5-17)24-12/h1-3,10,17-20H,5-6H2/t10?,13-,14+/m0/s1. The van der Waals surface area contributed by atoms with E-state index in [2.05, 4.69) is 0 Å². The van der Waals surface area contributed by atoms with Gasteiger partial charge in [0.25, 0.3) is 5.69 Å². The van der Waals surface area contributed by atoms with Crippen LogP contribution in [-0.2, 0) is 4.74 Å². The number of fused-ring (bicyclic) bond motifs is 1.